The molecule has 6 nitrogen and oxygen atoms in total. The normalized spacial score (nSPS) is 19.0. The van der Waals surface area contributed by atoms with E-state index in [0.717, 1.165) is 24.3 Å². The average molecular weight is 439 g/mol. The quantitative estimate of drug-likeness (QED) is 0.512. The highest BCUT2D eigenvalue weighted by Crippen LogP contribution is 2.51. The number of guanidine groups is 1. The van der Waals surface area contributed by atoms with Gasteiger partial charge in [-0.1, -0.05) is 36.4 Å². The molecule has 4 rings (SSSR count). The number of para-hydroxylation sites is 1. The molecular weight excluding hydrogens is 408 g/mol. The molecule has 2 aromatic carbocycles. The summed E-state index contributed by atoms with van der Waals surface area (Å²) in [7, 11) is 3.51. The van der Waals surface area contributed by atoms with Crippen molar-refractivity contribution >= 4 is 23.6 Å². The lowest BCUT2D eigenvalue weighted by molar-refractivity contribution is -0.127. The van der Waals surface area contributed by atoms with Crippen LogP contribution >= 0.6 is 11.8 Å². The van der Waals surface area contributed by atoms with Crippen molar-refractivity contribution in [2.75, 3.05) is 33.8 Å². The zero-order valence-electron chi connectivity index (χ0n) is 18.1. The number of ether oxygens (including phenoxy) is 1. The van der Waals surface area contributed by atoms with E-state index in [9.17, 15) is 4.79 Å². The molecule has 1 atom stereocenters. The van der Waals surface area contributed by atoms with Crippen LogP contribution in [-0.2, 0) is 4.79 Å². The van der Waals surface area contributed by atoms with E-state index in [1.54, 1.807) is 19.0 Å². The number of amides is 1. The summed E-state index contributed by atoms with van der Waals surface area (Å²) < 4.78 is 5.97. The lowest BCUT2D eigenvalue weighted by Gasteiger charge is -2.28. The molecule has 0 aromatic heterocycles. The first-order chi connectivity index (χ1) is 15.0. The van der Waals surface area contributed by atoms with Crippen molar-refractivity contribution in [1.82, 2.24) is 15.5 Å². The second kappa shape index (κ2) is 9.64. The zero-order chi connectivity index (χ0) is 21.7. The van der Waals surface area contributed by atoms with Gasteiger partial charge in [-0.2, -0.15) is 0 Å². The van der Waals surface area contributed by atoms with E-state index in [1.165, 1.54) is 17.7 Å². The Hall–Kier alpha value is -2.67. The Morgan fingerprint density at radius 1 is 1.16 bits per heavy atom. The zero-order valence-corrected chi connectivity index (χ0v) is 19.0. The van der Waals surface area contributed by atoms with E-state index in [0.29, 0.717) is 12.6 Å². The van der Waals surface area contributed by atoms with Gasteiger partial charge < -0.3 is 20.3 Å². The first kappa shape index (κ1) is 21.6. The van der Waals surface area contributed by atoms with E-state index in [1.807, 2.05) is 36.0 Å². The number of nitrogens with zero attached hydrogens (tertiary/aromatic N) is 2. The molecule has 0 bridgehead atoms. The number of carbonyl (C=O) groups excluding carboxylic acids is 1. The topological polar surface area (TPSA) is 66.0 Å². The molecule has 7 heteroatoms. The molecule has 1 saturated carbocycles. The van der Waals surface area contributed by atoms with Gasteiger partial charge in [0.1, 0.15) is 12.3 Å². The maximum Gasteiger partial charge on any atom is 0.243 e. The molecular formula is C24H30N4O2S. The van der Waals surface area contributed by atoms with E-state index in [2.05, 4.69) is 46.0 Å². The second-order valence-corrected chi connectivity index (χ2v) is 9.82. The van der Waals surface area contributed by atoms with Crippen LogP contribution in [0.1, 0.15) is 30.9 Å². The Balaban J connectivity index is 1.45. The van der Waals surface area contributed by atoms with Crippen molar-refractivity contribution < 1.29 is 9.53 Å². The minimum Gasteiger partial charge on any atom is -0.493 e. The van der Waals surface area contributed by atoms with Gasteiger partial charge in [-0.15, -0.1) is 11.8 Å². The van der Waals surface area contributed by atoms with Crippen LogP contribution < -0.4 is 15.4 Å². The van der Waals surface area contributed by atoms with Gasteiger partial charge in [0.15, 0.2) is 5.96 Å². The van der Waals surface area contributed by atoms with E-state index < -0.39 is 0 Å². The maximum absolute atomic E-state index is 12.1. The summed E-state index contributed by atoms with van der Waals surface area (Å²) in [5, 5.41) is 7.07. The van der Waals surface area contributed by atoms with Crippen LogP contribution in [-0.4, -0.2) is 55.3 Å². The molecule has 1 unspecified atom stereocenters. The van der Waals surface area contributed by atoms with Gasteiger partial charge in [0.2, 0.25) is 5.91 Å². The van der Waals surface area contributed by atoms with Gasteiger partial charge in [-0.05, 0) is 31.0 Å². The summed E-state index contributed by atoms with van der Waals surface area (Å²) in [6.07, 6.45) is 3.19. The van der Waals surface area contributed by atoms with Crippen LogP contribution in [0.3, 0.4) is 0 Å². The Bertz CT molecular complexity index is 928. The molecule has 1 aliphatic carbocycles. The molecule has 31 heavy (non-hydrogen) atoms. The highest BCUT2D eigenvalue weighted by molar-refractivity contribution is 8.01. The summed E-state index contributed by atoms with van der Waals surface area (Å²) in [5.41, 5.74) is 1.13. The standard InChI is InChI=1S/C24H30N4O2S/c1-28(2)22(29)16-25-23(27-20-12-15-30-21-11-7-6-10-19(20)21)26-17-24(13-14-24)31-18-8-4-3-5-9-18/h3-11,20H,12-17H2,1-2H3,(H2,25,26,27). The Labute approximate surface area is 188 Å². The number of hydrogen-bond donors (Lipinski definition) is 2. The largest absolute Gasteiger partial charge is 0.493 e. The molecule has 1 fully saturated rings. The third-order valence-corrected chi connectivity index (χ3v) is 7.10. The van der Waals surface area contributed by atoms with Gasteiger partial charge in [-0.3, -0.25) is 4.79 Å². The molecule has 1 heterocycles. The molecule has 0 radical (unpaired) electrons. The van der Waals surface area contributed by atoms with Gasteiger partial charge in [0.05, 0.1) is 12.6 Å². The number of hydrogen-bond acceptors (Lipinski definition) is 4. The molecule has 1 amide bonds. The van der Waals surface area contributed by atoms with Crippen molar-refractivity contribution in [2.24, 2.45) is 4.99 Å². The maximum atomic E-state index is 12.1. The Morgan fingerprint density at radius 3 is 2.65 bits per heavy atom. The highest BCUT2D eigenvalue weighted by Gasteiger charge is 2.43. The van der Waals surface area contributed by atoms with Crippen LogP contribution in [0.2, 0.25) is 0 Å². The highest BCUT2D eigenvalue weighted by atomic mass is 32.2. The summed E-state index contributed by atoms with van der Waals surface area (Å²) in [6, 6.07) is 18.7. The van der Waals surface area contributed by atoms with Crippen LogP contribution in [0, 0.1) is 0 Å². The summed E-state index contributed by atoms with van der Waals surface area (Å²) in [4.78, 5) is 19.6. The monoisotopic (exact) mass is 438 g/mol. The fraction of sp³-hybridized carbons (Fsp3) is 0.417. The first-order valence-corrected chi connectivity index (χ1v) is 11.6. The molecule has 2 aliphatic rings. The molecule has 0 saturated heterocycles. The predicted molar refractivity (Wildman–Crippen MR) is 126 cm³/mol. The van der Waals surface area contributed by atoms with Crippen molar-refractivity contribution in [3.8, 4) is 5.75 Å². The van der Waals surface area contributed by atoms with Gasteiger partial charge in [0, 0.05) is 42.3 Å². The predicted octanol–water partition coefficient (Wildman–Crippen LogP) is 3.46. The Kier molecular flexibility index (Phi) is 6.70. The third kappa shape index (κ3) is 5.73. The fourth-order valence-corrected chi connectivity index (χ4v) is 4.78. The number of thioether (sulfide) groups is 1. The molecule has 2 aromatic rings. The third-order valence-electron chi connectivity index (χ3n) is 5.60. The van der Waals surface area contributed by atoms with Gasteiger partial charge in [-0.25, -0.2) is 4.99 Å². The van der Waals surface area contributed by atoms with Crippen LogP contribution in [0.4, 0.5) is 0 Å². The van der Waals surface area contributed by atoms with Crippen LogP contribution in [0.25, 0.3) is 0 Å². The lowest BCUT2D eigenvalue weighted by atomic mass is 10.0. The molecule has 164 valence electrons. The van der Waals surface area contributed by atoms with E-state index in [4.69, 9.17) is 4.74 Å². The molecule has 0 spiro atoms. The van der Waals surface area contributed by atoms with E-state index >= 15 is 0 Å². The van der Waals surface area contributed by atoms with Crippen LogP contribution in [0.5, 0.6) is 5.75 Å². The Morgan fingerprint density at radius 2 is 1.90 bits per heavy atom. The smallest absolute Gasteiger partial charge is 0.243 e. The van der Waals surface area contributed by atoms with Crippen molar-refractivity contribution in [1.29, 1.82) is 0 Å². The summed E-state index contributed by atoms with van der Waals surface area (Å²) in [5.74, 6) is 1.57. The van der Waals surface area contributed by atoms with E-state index in [-0.39, 0.29) is 23.2 Å². The van der Waals surface area contributed by atoms with Gasteiger partial charge >= 0.3 is 0 Å². The number of fused-ring (bicyclic) bond motifs is 1. The minimum absolute atomic E-state index is 0.0201. The number of rotatable bonds is 7. The first-order valence-electron chi connectivity index (χ1n) is 10.8. The van der Waals surface area contributed by atoms with Crippen molar-refractivity contribution in [3.63, 3.8) is 0 Å². The molecule has 2 N–H and O–H groups in total. The second-order valence-electron chi connectivity index (χ2n) is 8.28. The molecule has 1 aliphatic heterocycles. The minimum atomic E-state index is -0.0201. The number of likely N-dealkylation sites (N-methyl/N-ethyl adjacent to an activating group) is 1. The fourth-order valence-electron chi connectivity index (χ4n) is 3.54. The summed E-state index contributed by atoms with van der Waals surface area (Å²) in [6.45, 7) is 1.58. The van der Waals surface area contributed by atoms with Crippen molar-refractivity contribution in [3.05, 3.63) is 60.2 Å². The SMILES string of the molecule is CN(C)C(=O)CN=C(NCC1(Sc2ccccc2)CC1)NC1CCOc2ccccc21. The lowest BCUT2D eigenvalue weighted by Crippen LogP contribution is -2.44. The average Bonchev–Trinajstić information content (AvgIpc) is 3.55. The number of nitrogens with one attached hydrogen (secondary N) is 2. The van der Waals surface area contributed by atoms with Crippen molar-refractivity contribution in [2.45, 2.75) is 34.9 Å². The summed E-state index contributed by atoms with van der Waals surface area (Å²) >= 11 is 1.92. The number of carbonyl (C=O) groups is 1. The van der Waals surface area contributed by atoms with Crippen LogP contribution in [0.15, 0.2) is 64.5 Å². The number of benzene rings is 2. The van der Waals surface area contributed by atoms with Gasteiger partial charge in [0.25, 0.3) is 0 Å². The number of aliphatic imine (C=N–C) groups is 1.